The number of benzene rings is 2. The smallest absolute Gasteiger partial charge is 0.307 e. The van der Waals surface area contributed by atoms with Gasteiger partial charge in [0.05, 0.1) is 6.42 Å². The molecule has 0 aromatic heterocycles. The zero-order chi connectivity index (χ0) is 18.7. The number of rotatable bonds is 6. The van der Waals surface area contributed by atoms with Gasteiger partial charge >= 0.3 is 5.97 Å². The molecule has 6 nitrogen and oxygen atoms in total. The van der Waals surface area contributed by atoms with Gasteiger partial charge in [-0.15, -0.1) is 0 Å². The summed E-state index contributed by atoms with van der Waals surface area (Å²) < 4.78 is 0. The van der Waals surface area contributed by atoms with E-state index in [0.717, 1.165) is 6.42 Å². The highest BCUT2D eigenvalue weighted by Crippen LogP contribution is 2.38. The molecule has 3 N–H and O–H groups in total. The van der Waals surface area contributed by atoms with E-state index in [1.165, 1.54) is 0 Å². The first kappa shape index (κ1) is 17.7. The normalized spacial score (nSPS) is 18.0. The summed E-state index contributed by atoms with van der Waals surface area (Å²) in [4.78, 5) is 34.9. The van der Waals surface area contributed by atoms with E-state index in [0.29, 0.717) is 28.4 Å². The Hall–Kier alpha value is -3.15. The zero-order valence-electron chi connectivity index (χ0n) is 14.4. The molecule has 0 radical (unpaired) electrons. The van der Waals surface area contributed by atoms with Gasteiger partial charge in [0.1, 0.15) is 0 Å². The molecule has 1 aliphatic rings. The fourth-order valence-corrected chi connectivity index (χ4v) is 2.71. The summed E-state index contributed by atoms with van der Waals surface area (Å²) in [6, 6.07) is 13.4. The predicted molar refractivity (Wildman–Crippen MR) is 98.1 cm³/mol. The Labute approximate surface area is 151 Å². The number of anilines is 2. The average molecular weight is 352 g/mol. The Morgan fingerprint density at radius 3 is 2.04 bits per heavy atom. The van der Waals surface area contributed by atoms with Crippen molar-refractivity contribution in [3.8, 4) is 0 Å². The van der Waals surface area contributed by atoms with E-state index >= 15 is 0 Å². The first-order chi connectivity index (χ1) is 12.4. The van der Waals surface area contributed by atoms with Gasteiger partial charge in [0, 0.05) is 22.9 Å². The summed E-state index contributed by atoms with van der Waals surface area (Å²) in [5, 5.41) is 14.4. The molecular formula is C20H20N2O4. The van der Waals surface area contributed by atoms with Gasteiger partial charge in [0.15, 0.2) is 0 Å². The molecule has 1 saturated carbocycles. The third kappa shape index (κ3) is 4.47. The number of hydrogen-bond donors (Lipinski definition) is 3. The first-order valence-electron chi connectivity index (χ1n) is 8.45. The molecular weight excluding hydrogens is 332 g/mol. The average Bonchev–Trinajstić information content (AvgIpc) is 3.34. The molecule has 2 aromatic carbocycles. The second-order valence-corrected chi connectivity index (χ2v) is 6.61. The van der Waals surface area contributed by atoms with Gasteiger partial charge < -0.3 is 15.7 Å². The molecule has 0 bridgehead atoms. The van der Waals surface area contributed by atoms with E-state index < -0.39 is 5.97 Å². The van der Waals surface area contributed by atoms with Crippen LogP contribution in [-0.2, 0) is 16.0 Å². The second kappa shape index (κ2) is 7.39. The molecule has 2 aromatic rings. The number of hydrogen-bond acceptors (Lipinski definition) is 3. The number of amides is 2. The first-order valence-corrected chi connectivity index (χ1v) is 8.45. The maximum absolute atomic E-state index is 12.3. The number of carboxylic acid groups (broad SMARTS) is 1. The van der Waals surface area contributed by atoms with Crippen LogP contribution in [0.25, 0.3) is 0 Å². The van der Waals surface area contributed by atoms with Crippen LogP contribution in [0.5, 0.6) is 0 Å². The standard InChI is InChI=1S/C20H20N2O4/c1-12-10-17(12)20(26)22-16-8-4-14(5-9-16)19(25)21-15-6-2-13(3-7-15)11-18(23)24/h2-9,12,17H,10-11H2,1H3,(H,21,25)(H,22,26)(H,23,24). The minimum absolute atomic E-state index is 0.0242. The lowest BCUT2D eigenvalue weighted by Crippen LogP contribution is -2.15. The molecule has 26 heavy (non-hydrogen) atoms. The molecule has 0 aliphatic heterocycles. The van der Waals surface area contributed by atoms with Gasteiger partial charge in [-0.25, -0.2) is 0 Å². The molecule has 2 atom stereocenters. The van der Waals surface area contributed by atoms with Gasteiger partial charge in [-0.2, -0.15) is 0 Å². The minimum Gasteiger partial charge on any atom is -0.481 e. The number of aliphatic carboxylic acids is 1. The molecule has 0 heterocycles. The largest absolute Gasteiger partial charge is 0.481 e. The maximum Gasteiger partial charge on any atom is 0.307 e. The van der Waals surface area contributed by atoms with Gasteiger partial charge in [-0.05, 0) is 54.3 Å². The molecule has 3 rings (SSSR count). The Morgan fingerprint density at radius 1 is 0.962 bits per heavy atom. The van der Waals surface area contributed by atoms with E-state index in [1.54, 1.807) is 48.5 Å². The van der Waals surface area contributed by atoms with Crippen LogP contribution in [-0.4, -0.2) is 22.9 Å². The highest BCUT2D eigenvalue weighted by Gasteiger charge is 2.39. The summed E-state index contributed by atoms with van der Waals surface area (Å²) in [7, 11) is 0. The monoisotopic (exact) mass is 352 g/mol. The van der Waals surface area contributed by atoms with Crippen LogP contribution < -0.4 is 10.6 Å². The summed E-state index contributed by atoms with van der Waals surface area (Å²) in [5.41, 5.74) is 2.39. The van der Waals surface area contributed by atoms with Crippen molar-refractivity contribution in [2.45, 2.75) is 19.8 Å². The van der Waals surface area contributed by atoms with Gasteiger partial charge in [0.2, 0.25) is 5.91 Å². The van der Waals surface area contributed by atoms with Crippen molar-refractivity contribution < 1.29 is 19.5 Å². The van der Waals surface area contributed by atoms with Crippen molar-refractivity contribution >= 4 is 29.2 Å². The fraction of sp³-hybridized carbons (Fsp3) is 0.250. The third-order valence-corrected chi connectivity index (χ3v) is 4.43. The minimum atomic E-state index is -0.898. The highest BCUT2D eigenvalue weighted by molar-refractivity contribution is 6.04. The van der Waals surface area contributed by atoms with Crippen molar-refractivity contribution in [1.29, 1.82) is 0 Å². The quantitative estimate of drug-likeness (QED) is 0.744. The Morgan fingerprint density at radius 2 is 1.50 bits per heavy atom. The van der Waals surface area contributed by atoms with E-state index in [1.807, 2.05) is 6.92 Å². The Kier molecular flexibility index (Phi) is 5.02. The SMILES string of the molecule is CC1CC1C(=O)Nc1ccc(C(=O)Nc2ccc(CC(=O)O)cc2)cc1. The van der Waals surface area contributed by atoms with E-state index in [-0.39, 0.29) is 24.2 Å². The van der Waals surface area contributed by atoms with Crippen molar-refractivity contribution in [3.63, 3.8) is 0 Å². The number of nitrogens with one attached hydrogen (secondary N) is 2. The van der Waals surface area contributed by atoms with E-state index in [2.05, 4.69) is 10.6 Å². The molecule has 1 aliphatic carbocycles. The summed E-state index contributed by atoms with van der Waals surface area (Å²) in [5.74, 6) is -0.602. The summed E-state index contributed by atoms with van der Waals surface area (Å²) in [6.45, 7) is 2.05. The predicted octanol–water partition coefficient (Wildman–Crippen LogP) is 3.16. The zero-order valence-corrected chi connectivity index (χ0v) is 14.4. The third-order valence-electron chi connectivity index (χ3n) is 4.43. The highest BCUT2D eigenvalue weighted by atomic mass is 16.4. The van der Waals surface area contributed by atoms with Gasteiger partial charge in [0.25, 0.3) is 5.91 Å². The molecule has 0 saturated heterocycles. The lowest BCUT2D eigenvalue weighted by Gasteiger charge is -2.08. The summed E-state index contributed by atoms with van der Waals surface area (Å²) in [6.07, 6.45) is 0.874. The molecule has 2 unspecified atom stereocenters. The molecule has 134 valence electrons. The lowest BCUT2D eigenvalue weighted by atomic mass is 10.1. The van der Waals surface area contributed by atoms with Crippen molar-refractivity contribution in [2.24, 2.45) is 11.8 Å². The van der Waals surface area contributed by atoms with Crippen molar-refractivity contribution in [2.75, 3.05) is 10.6 Å². The lowest BCUT2D eigenvalue weighted by molar-refractivity contribution is -0.136. The fourth-order valence-electron chi connectivity index (χ4n) is 2.71. The van der Waals surface area contributed by atoms with Crippen LogP contribution in [0.2, 0.25) is 0 Å². The van der Waals surface area contributed by atoms with Crippen LogP contribution in [0.1, 0.15) is 29.3 Å². The van der Waals surface area contributed by atoms with Crippen LogP contribution in [0.15, 0.2) is 48.5 Å². The maximum atomic E-state index is 12.3. The van der Waals surface area contributed by atoms with Crippen LogP contribution in [0, 0.1) is 11.8 Å². The summed E-state index contributed by atoms with van der Waals surface area (Å²) >= 11 is 0. The van der Waals surface area contributed by atoms with E-state index in [9.17, 15) is 14.4 Å². The molecule has 0 spiro atoms. The van der Waals surface area contributed by atoms with Crippen LogP contribution >= 0.6 is 0 Å². The van der Waals surface area contributed by atoms with Crippen LogP contribution in [0.3, 0.4) is 0 Å². The van der Waals surface area contributed by atoms with Crippen molar-refractivity contribution in [3.05, 3.63) is 59.7 Å². The Bertz CT molecular complexity index is 828. The number of carbonyl (C=O) groups is 3. The second-order valence-electron chi connectivity index (χ2n) is 6.61. The van der Waals surface area contributed by atoms with Gasteiger partial charge in [-0.1, -0.05) is 19.1 Å². The van der Waals surface area contributed by atoms with E-state index in [4.69, 9.17) is 5.11 Å². The van der Waals surface area contributed by atoms with Crippen molar-refractivity contribution in [1.82, 2.24) is 0 Å². The number of carboxylic acids is 1. The van der Waals surface area contributed by atoms with Gasteiger partial charge in [-0.3, -0.25) is 14.4 Å². The molecule has 6 heteroatoms. The molecule has 2 amide bonds. The Balaban J connectivity index is 1.57. The topological polar surface area (TPSA) is 95.5 Å². The number of carbonyl (C=O) groups excluding carboxylic acids is 2. The molecule has 1 fully saturated rings. The van der Waals surface area contributed by atoms with Crippen LogP contribution in [0.4, 0.5) is 11.4 Å².